The third-order valence-corrected chi connectivity index (χ3v) is 4.23. The van der Waals surface area contributed by atoms with Crippen molar-refractivity contribution in [3.63, 3.8) is 0 Å². The number of halogens is 1. The van der Waals surface area contributed by atoms with Crippen molar-refractivity contribution >= 4 is 24.3 Å². The van der Waals surface area contributed by atoms with Gasteiger partial charge in [-0.15, -0.1) is 12.4 Å². The molecule has 1 aromatic rings. The normalized spacial score (nSPS) is 15.5. The molecule has 1 unspecified atom stereocenters. The van der Waals surface area contributed by atoms with E-state index >= 15 is 0 Å². The van der Waals surface area contributed by atoms with Gasteiger partial charge in [-0.1, -0.05) is 37.3 Å². The molecule has 0 aliphatic carbocycles. The van der Waals surface area contributed by atoms with Crippen LogP contribution in [0, 0.1) is 5.92 Å². The van der Waals surface area contributed by atoms with Crippen LogP contribution >= 0.6 is 12.4 Å². The predicted molar refractivity (Wildman–Crippen MR) is 96.9 cm³/mol. The summed E-state index contributed by atoms with van der Waals surface area (Å²) >= 11 is 0. The fourth-order valence-electron chi connectivity index (χ4n) is 2.70. The molecule has 1 aromatic carbocycles. The summed E-state index contributed by atoms with van der Waals surface area (Å²) in [5.41, 5.74) is 6.65. The van der Waals surface area contributed by atoms with E-state index in [2.05, 4.69) is 0 Å². The lowest BCUT2D eigenvalue weighted by molar-refractivity contribution is -0.136. The van der Waals surface area contributed by atoms with Gasteiger partial charge in [0.25, 0.3) is 0 Å². The molecule has 1 fully saturated rings. The molecule has 0 radical (unpaired) electrons. The second-order valence-electron chi connectivity index (χ2n) is 6.07. The summed E-state index contributed by atoms with van der Waals surface area (Å²) in [6.07, 6.45) is 0. The lowest BCUT2D eigenvalue weighted by atomic mass is 10.1. The third kappa shape index (κ3) is 5.11. The van der Waals surface area contributed by atoms with Gasteiger partial charge in [0.1, 0.15) is 0 Å². The summed E-state index contributed by atoms with van der Waals surface area (Å²) in [5, 5.41) is 0. The number of urea groups is 1. The molecule has 1 saturated heterocycles. The van der Waals surface area contributed by atoms with E-state index in [1.165, 1.54) is 0 Å². The molecule has 1 aliphatic heterocycles. The quantitative estimate of drug-likeness (QED) is 0.888. The minimum atomic E-state index is -0.155. The lowest BCUT2D eigenvalue weighted by Crippen LogP contribution is -2.54. The molecule has 134 valence electrons. The van der Waals surface area contributed by atoms with Crippen LogP contribution in [0.15, 0.2) is 30.3 Å². The molecule has 6 nitrogen and oxygen atoms in total. The van der Waals surface area contributed by atoms with Crippen molar-refractivity contribution in [3.05, 3.63) is 35.9 Å². The van der Waals surface area contributed by atoms with Crippen LogP contribution in [0.25, 0.3) is 0 Å². The van der Waals surface area contributed by atoms with E-state index < -0.39 is 0 Å². The Bertz CT molecular complexity index is 533. The van der Waals surface area contributed by atoms with Crippen molar-refractivity contribution in [1.82, 2.24) is 14.7 Å². The van der Waals surface area contributed by atoms with Gasteiger partial charge in [0.15, 0.2) is 0 Å². The Morgan fingerprint density at radius 3 is 2.21 bits per heavy atom. The number of nitrogens with zero attached hydrogens (tertiary/aromatic N) is 3. The summed E-state index contributed by atoms with van der Waals surface area (Å²) in [6, 6.07) is 9.92. The fraction of sp³-hybridized carbons (Fsp3) is 0.529. The Balaban J connectivity index is 0.00000288. The number of amides is 3. The topological polar surface area (TPSA) is 69.9 Å². The van der Waals surface area contributed by atoms with Crippen molar-refractivity contribution in [3.8, 4) is 0 Å². The zero-order valence-electron chi connectivity index (χ0n) is 14.4. The van der Waals surface area contributed by atoms with Gasteiger partial charge in [-0.05, 0) is 5.56 Å². The number of hydrogen-bond acceptors (Lipinski definition) is 3. The van der Waals surface area contributed by atoms with Crippen LogP contribution < -0.4 is 5.73 Å². The van der Waals surface area contributed by atoms with Crippen molar-refractivity contribution in [2.75, 3.05) is 39.8 Å². The number of benzene rings is 1. The Morgan fingerprint density at radius 2 is 1.67 bits per heavy atom. The minimum absolute atomic E-state index is 0. The Kier molecular flexibility index (Phi) is 8.01. The molecule has 2 rings (SSSR count). The molecule has 0 aromatic heterocycles. The van der Waals surface area contributed by atoms with E-state index in [9.17, 15) is 9.59 Å². The largest absolute Gasteiger partial charge is 0.339 e. The number of piperazine rings is 1. The number of carbonyl (C=O) groups excluding carboxylic acids is 2. The molecule has 0 spiro atoms. The standard InChI is InChI=1S/C17H26N4O2.ClH/c1-14(12-18)16(22)20-8-10-21(11-9-20)17(23)19(2)13-15-6-4-3-5-7-15;/h3-7,14H,8-13,18H2,1-2H3;1H. The van der Waals surface area contributed by atoms with Crippen molar-refractivity contribution in [2.45, 2.75) is 13.5 Å². The van der Waals surface area contributed by atoms with Gasteiger partial charge in [0.2, 0.25) is 5.91 Å². The molecule has 24 heavy (non-hydrogen) atoms. The van der Waals surface area contributed by atoms with Gasteiger partial charge < -0.3 is 20.4 Å². The number of nitrogens with two attached hydrogens (primary N) is 1. The smallest absolute Gasteiger partial charge is 0.320 e. The minimum Gasteiger partial charge on any atom is -0.339 e. The van der Waals surface area contributed by atoms with Gasteiger partial charge >= 0.3 is 6.03 Å². The highest BCUT2D eigenvalue weighted by Crippen LogP contribution is 2.10. The Morgan fingerprint density at radius 1 is 1.12 bits per heavy atom. The second-order valence-corrected chi connectivity index (χ2v) is 6.07. The Hall–Kier alpha value is -1.79. The summed E-state index contributed by atoms with van der Waals surface area (Å²) in [7, 11) is 1.81. The van der Waals surface area contributed by atoms with E-state index in [1.54, 1.807) is 14.7 Å². The van der Waals surface area contributed by atoms with Gasteiger partial charge in [-0.3, -0.25) is 4.79 Å². The summed E-state index contributed by atoms with van der Waals surface area (Å²) in [6.45, 7) is 5.08. The first-order chi connectivity index (χ1) is 11.0. The van der Waals surface area contributed by atoms with E-state index in [0.717, 1.165) is 5.56 Å². The maximum atomic E-state index is 12.5. The first-order valence-corrected chi connectivity index (χ1v) is 8.05. The summed E-state index contributed by atoms with van der Waals surface area (Å²) < 4.78 is 0. The zero-order chi connectivity index (χ0) is 16.8. The molecule has 1 atom stereocenters. The van der Waals surface area contributed by atoms with E-state index in [4.69, 9.17) is 5.73 Å². The molecule has 3 amide bonds. The van der Waals surface area contributed by atoms with Crippen LogP contribution in [0.2, 0.25) is 0 Å². The molecule has 0 bridgehead atoms. The van der Waals surface area contributed by atoms with E-state index in [1.807, 2.05) is 44.3 Å². The molecular weight excluding hydrogens is 328 g/mol. The lowest BCUT2D eigenvalue weighted by Gasteiger charge is -2.37. The van der Waals surface area contributed by atoms with Gasteiger partial charge in [0.05, 0.1) is 0 Å². The maximum absolute atomic E-state index is 12.5. The van der Waals surface area contributed by atoms with Crippen molar-refractivity contribution < 1.29 is 9.59 Å². The highest BCUT2D eigenvalue weighted by atomic mass is 35.5. The zero-order valence-corrected chi connectivity index (χ0v) is 15.2. The SMILES string of the molecule is CC(CN)C(=O)N1CCN(C(=O)N(C)Cc2ccccc2)CC1.Cl. The summed E-state index contributed by atoms with van der Waals surface area (Å²) in [5.74, 6) is -0.0738. The summed E-state index contributed by atoms with van der Waals surface area (Å²) in [4.78, 5) is 29.9. The van der Waals surface area contributed by atoms with Crippen molar-refractivity contribution in [2.24, 2.45) is 11.7 Å². The average Bonchev–Trinajstić information content (AvgIpc) is 2.60. The van der Waals surface area contributed by atoms with Crippen LogP contribution in [0.5, 0.6) is 0 Å². The number of rotatable bonds is 4. The first-order valence-electron chi connectivity index (χ1n) is 8.05. The van der Waals surface area contributed by atoms with Gasteiger partial charge in [0, 0.05) is 52.2 Å². The van der Waals surface area contributed by atoms with Crippen LogP contribution in [0.4, 0.5) is 4.79 Å². The predicted octanol–water partition coefficient (Wildman–Crippen LogP) is 1.40. The number of carbonyl (C=O) groups is 2. The molecule has 7 heteroatoms. The highest BCUT2D eigenvalue weighted by Gasteiger charge is 2.27. The van der Waals surface area contributed by atoms with E-state index in [0.29, 0.717) is 39.3 Å². The molecule has 2 N–H and O–H groups in total. The van der Waals surface area contributed by atoms with Crippen LogP contribution in [-0.4, -0.2) is 66.4 Å². The molecular formula is C17H27ClN4O2. The second kappa shape index (κ2) is 9.49. The molecule has 1 aliphatic rings. The van der Waals surface area contributed by atoms with Crippen molar-refractivity contribution in [1.29, 1.82) is 0 Å². The first kappa shape index (κ1) is 20.3. The molecule has 1 heterocycles. The Labute approximate surface area is 150 Å². The molecule has 0 saturated carbocycles. The maximum Gasteiger partial charge on any atom is 0.320 e. The monoisotopic (exact) mass is 354 g/mol. The number of hydrogen-bond donors (Lipinski definition) is 1. The van der Waals surface area contributed by atoms with E-state index in [-0.39, 0.29) is 30.3 Å². The van der Waals surface area contributed by atoms with Gasteiger partial charge in [-0.25, -0.2) is 4.79 Å². The average molecular weight is 355 g/mol. The fourth-order valence-corrected chi connectivity index (χ4v) is 2.70. The van der Waals surface area contributed by atoms with Crippen LogP contribution in [-0.2, 0) is 11.3 Å². The van der Waals surface area contributed by atoms with Gasteiger partial charge in [-0.2, -0.15) is 0 Å². The van der Waals surface area contributed by atoms with Crippen LogP contribution in [0.3, 0.4) is 0 Å². The third-order valence-electron chi connectivity index (χ3n) is 4.23. The van der Waals surface area contributed by atoms with Crippen LogP contribution in [0.1, 0.15) is 12.5 Å². The highest BCUT2D eigenvalue weighted by molar-refractivity contribution is 5.85.